The monoisotopic (exact) mass is 177 g/mol. The Hall–Kier alpha value is -1.64. The molecule has 3 heteroatoms. The number of aromatic nitrogens is 1. The molecule has 0 bridgehead atoms. The molecule has 0 aliphatic heterocycles. The van der Waals surface area contributed by atoms with Crippen LogP contribution in [0.2, 0.25) is 0 Å². The fourth-order valence-electron chi connectivity index (χ4n) is 1.27. The molecule has 0 aliphatic carbocycles. The second-order valence-electron chi connectivity index (χ2n) is 2.84. The first-order valence-electron chi connectivity index (χ1n) is 3.94. The average molecular weight is 177 g/mol. The summed E-state index contributed by atoms with van der Waals surface area (Å²) in [7, 11) is 0. The third-order valence-electron chi connectivity index (χ3n) is 1.90. The first kappa shape index (κ1) is 7.98. The predicted molar refractivity (Wildman–Crippen MR) is 46.6 cm³/mol. The highest BCUT2D eigenvalue weighted by molar-refractivity contribution is 5.62. The standard InChI is InChI=1S/C10H8FNO/c1-7-6-8(11)2-3-9(7)10-4-5-13-12-10/h2-6H,1H3. The van der Waals surface area contributed by atoms with Crippen molar-refractivity contribution in [1.29, 1.82) is 0 Å². The molecular weight excluding hydrogens is 169 g/mol. The number of rotatable bonds is 1. The lowest BCUT2D eigenvalue weighted by Gasteiger charge is -2.00. The lowest BCUT2D eigenvalue weighted by molar-refractivity contribution is 0.422. The van der Waals surface area contributed by atoms with Crippen LogP contribution in [0, 0.1) is 12.7 Å². The van der Waals surface area contributed by atoms with Crippen LogP contribution >= 0.6 is 0 Å². The average Bonchev–Trinajstić information content (AvgIpc) is 2.56. The van der Waals surface area contributed by atoms with Crippen LogP contribution in [0.4, 0.5) is 4.39 Å². The van der Waals surface area contributed by atoms with E-state index in [0.717, 1.165) is 16.8 Å². The minimum absolute atomic E-state index is 0.232. The lowest BCUT2D eigenvalue weighted by Crippen LogP contribution is -1.84. The van der Waals surface area contributed by atoms with E-state index in [-0.39, 0.29) is 5.82 Å². The topological polar surface area (TPSA) is 26.0 Å². The van der Waals surface area contributed by atoms with E-state index in [1.54, 1.807) is 12.1 Å². The zero-order valence-electron chi connectivity index (χ0n) is 7.12. The zero-order chi connectivity index (χ0) is 9.26. The highest BCUT2D eigenvalue weighted by Crippen LogP contribution is 2.21. The third-order valence-corrected chi connectivity index (χ3v) is 1.90. The Balaban J connectivity index is 2.53. The summed E-state index contributed by atoms with van der Waals surface area (Å²) in [6.07, 6.45) is 1.50. The van der Waals surface area contributed by atoms with E-state index in [2.05, 4.69) is 5.16 Å². The predicted octanol–water partition coefficient (Wildman–Crippen LogP) is 2.79. The molecule has 0 amide bonds. The van der Waals surface area contributed by atoms with Crippen LogP contribution in [0.3, 0.4) is 0 Å². The first-order chi connectivity index (χ1) is 6.27. The van der Waals surface area contributed by atoms with Gasteiger partial charge in [-0.3, -0.25) is 0 Å². The van der Waals surface area contributed by atoms with Crippen molar-refractivity contribution < 1.29 is 8.91 Å². The van der Waals surface area contributed by atoms with Crippen molar-refractivity contribution in [2.45, 2.75) is 6.92 Å². The van der Waals surface area contributed by atoms with Crippen molar-refractivity contribution in [1.82, 2.24) is 5.16 Å². The van der Waals surface area contributed by atoms with Crippen molar-refractivity contribution >= 4 is 0 Å². The lowest BCUT2D eigenvalue weighted by atomic mass is 10.1. The molecule has 1 aromatic carbocycles. The Labute approximate surface area is 75.0 Å². The van der Waals surface area contributed by atoms with Crippen molar-refractivity contribution in [2.75, 3.05) is 0 Å². The molecule has 0 unspecified atom stereocenters. The molecule has 1 heterocycles. The van der Waals surface area contributed by atoms with E-state index in [1.807, 2.05) is 6.92 Å². The van der Waals surface area contributed by atoms with E-state index in [4.69, 9.17) is 4.52 Å². The summed E-state index contributed by atoms with van der Waals surface area (Å²) in [5.41, 5.74) is 2.49. The quantitative estimate of drug-likeness (QED) is 0.669. The van der Waals surface area contributed by atoms with Gasteiger partial charge in [-0.05, 0) is 30.7 Å². The van der Waals surface area contributed by atoms with Gasteiger partial charge in [0.2, 0.25) is 0 Å². The molecule has 0 radical (unpaired) electrons. The minimum Gasteiger partial charge on any atom is -0.364 e. The molecule has 0 aliphatic rings. The van der Waals surface area contributed by atoms with Gasteiger partial charge < -0.3 is 4.52 Å². The Bertz CT molecular complexity index is 409. The largest absolute Gasteiger partial charge is 0.364 e. The molecular formula is C10H8FNO. The molecule has 2 aromatic rings. The van der Waals surface area contributed by atoms with Gasteiger partial charge in [-0.15, -0.1) is 0 Å². The summed E-state index contributed by atoms with van der Waals surface area (Å²) in [5.74, 6) is -0.232. The molecule has 66 valence electrons. The van der Waals surface area contributed by atoms with E-state index in [9.17, 15) is 4.39 Å². The molecule has 2 nitrogen and oxygen atoms in total. The van der Waals surface area contributed by atoms with Crippen molar-refractivity contribution in [3.63, 3.8) is 0 Å². The normalized spacial score (nSPS) is 10.3. The number of nitrogens with zero attached hydrogens (tertiary/aromatic N) is 1. The third kappa shape index (κ3) is 1.45. The van der Waals surface area contributed by atoms with E-state index in [1.165, 1.54) is 18.4 Å². The molecule has 0 N–H and O–H groups in total. The van der Waals surface area contributed by atoms with Gasteiger partial charge in [-0.25, -0.2) is 4.39 Å². The maximum absolute atomic E-state index is 12.7. The Kier molecular flexibility index (Phi) is 1.85. The Morgan fingerprint density at radius 2 is 2.15 bits per heavy atom. The van der Waals surface area contributed by atoms with Crippen LogP contribution in [0.1, 0.15) is 5.56 Å². The molecule has 0 saturated heterocycles. The molecule has 0 atom stereocenters. The molecule has 2 rings (SSSR count). The number of benzene rings is 1. The van der Waals surface area contributed by atoms with Crippen molar-refractivity contribution in [3.05, 3.63) is 41.9 Å². The van der Waals surface area contributed by atoms with Gasteiger partial charge in [-0.1, -0.05) is 5.16 Å². The smallest absolute Gasteiger partial charge is 0.124 e. The van der Waals surface area contributed by atoms with Crippen LogP contribution < -0.4 is 0 Å². The van der Waals surface area contributed by atoms with Gasteiger partial charge in [0.1, 0.15) is 17.8 Å². The summed E-state index contributed by atoms with van der Waals surface area (Å²) in [4.78, 5) is 0. The summed E-state index contributed by atoms with van der Waals surface area (Å²) in [6.45, 7) is 1.84. The van der Waals surface area contributed by atoms with Gasteiger partial charge in [0.25, 0.3) is 0 Å². The highest BCUT2D eigenvalue weighted by atomic mass is 19.1. The number of halogens is 1. The summed E-state index contributed by atoms with van der Waals surface area (Å²) >= 11 is 0. The van der Waals surface area contributed by atoms with E-state index < -0.39 is 0 Å². The van der Waals surface area contributed by atoms with Gasteiger partial charge in [0, 0.05) is 11.6 Å². The zero-order valence-corrected chi connectivity index (χ0v) is 7.12. The number of aryl methyl sites for hydroxylation is 1. The fourth-order valence-corrected chi connectivity index (χ4v) is 1.27. The van der Waals surface area contributed by atoms with Crippen LogP contribution in [0.25, 0.3) is 11.3 Å². The highest BCUT2D eigenvalue weighted by Gasteiger charge is 2.04. The van der Waals surface area contributed by atoms with Crippen LogP contribution in [-0.2, 0) is 0 Å². The van der Waals surface area contributed by atoms with Gasteiger partial charge in [0.15, 0.2) is 0 Å². The molecule has 13 heavy (non-hydrogen) atoms. The molecule has 0 saturated carbocycles. The maximum atomic E-state index is 12.7. The number of hydrogen-bond acceptors (Lipinski definition) is 2. The molecule has 0 fully saturated rings. The van der Waals surface area contributed by atoms with Gasteiger partial charge >= 0.3 is 0 Å². The van der Waals surface area contributed by atoms with E-state index >= 15 is 0 Å². The number of hydrogen-bond donors (Lipinski definition) is 0. The minimum atomic E-state index is -0.232. The van der Waals surface area contributed by atoms with Crippen molar-refractivity contribution in [3.8, 4) is 11.3 Å². The van der Waals surface area contributed by atoms with Crippen LogP contribution in [-0.4, -0.2) is 5.16 Å². The van der Waals surface area contributed by atoms with Crippen LogP contribution in [0.15, 0.2) is 35.1 Å². The molecule has 0 spiro atoms. The maximum Gasteiger partial charge on any atom is 0.124 e. The van der Waals surface area contributed by atoms with Gasteiger partial charge in [0.05, 0.1) is 0 Å². The summed E-state index contributed by atoms with van der Waals surface area (Å²) in [6, 6.07) is 6.34. The summed E-state index contributed by atoms with van der Waals surface area (Å²) < 4.78 is 17.5. The van der Waals surface area contributed by atoms with E-state index in [0.29, 0.717) is 0 Å². The second kappa shape index (κ2) is 3.01. The first-order valence-corrected chi connectivity index (χ1v) is 3.94. The second-order valence-corrected chi connectivity index (χ2v) is 2.84. The van der Waals surface area contributed by atoms with Gasteiger partial charge in [-0.2, -0.15) is 0 Å². The fraction of sp³-hybridized carbons (Fsp3) is 0.100. The molecule has 1 aromatic heterocycles. The summed E-state index contributed by atoms with van der Waals surface area (Å²) in [5, 5.41) is 3.78. The van der Waals surface area contributed by atoms with Crippen LogP contribution in [0.5, 0.6) is 0 Å². The Morgan fingerprint density at radius 1 is 1.31 bits per heavy atom. The Morgan fingerprint density at radius 3 is 2.77 bits per heavy atom. The SMILES string of the molecule is Cc1cc(F)ccc1-c1ccon1. The van der Waals surface area contributed by atoms with Crippen molar-refractivity contribution in [2.24, 2.45) is 0 Å².